The normalized spacial score (nSPS) is 12.5. The molecule has 2 atom stereocenters. The molecule has 0 aromatic carbocycles. The minimum absolute atomic E-state index is 0.0665. The highest BCUT2D eigenvalue weighted by molar-refractivity contribution is 5.71. The van der Waals surface area contributed by atoms with Crippen LogP contribution in [0.3, 0.4) is 0 Å². The molecule has 0 aliphatic rings. The predicted molar refractivity (Wildman–Crippen MR) is 183 cm³/mol. The van der Waals surface area contributed by atoms with Crippen LogP contribution in [-0.4, -0.2) is 37.2 Å². The van der Waals surface area contributed by atoms with Gasteiger partial charge in [0.15, 0.2) is 6.10 Å². The highest BCUT2D eigenvalue weighted by Gasteiger charge is 2.19. The minimum atomic E-state index is -0.755. The number of carbonyl (C=O) groups excluding carboxylic acids is 3. The molecule has 0 radical (unpaired) electrons. The van der Waals surface area contributed by atoms with Crippen molar-refractivity contribution in [2.75, 3.05) is 13.2 Å². The van der Waals surface area contributed by atoms with Crippen molar-refractivity contribution in [3.63, 3.8) is 0 Å². The van der Waals surface area contributed by atoms with E-state index in [1.807, 2.05) is 0 Å². The molecule has 1 unspecified atom stereocenters. The van der Waals surface area contributed by atoms with E-state index in [4.69, 9.17) is 14.2 Å². The maximum Gasteiger partial charge on any atom is 0.306 e. The van der Waals surface area contributed by atoms with Crippen LogP contribution >= 0.6 is 0 Å². The zero-order valence-electron chi connectivity index (χ0n) is 29.6. The Morgan fingerprint density at radius 1 is 0.455 bits per heavy atom. The Kier molecular flexibility index (Phi) is 31.6. The van der Waals surface area contributed by atoms with E-state index >= 15 is 0 Å². The summed E-state index contributed by atoms with van der Waals surface area (Å²) in [5.41, 5.74) is 0. The van der Waals surface area contributed by atoms with Crippen molar-refractivity contribution in [3.8, 4) is 0 Å². The van der Waals surface area contributed by atoms with Crippen LogP contribution in [0.25, 0.3) is 0 Å². The molecule has 0 rings (SSSR count). The van der Waals surface area contributed by atoms with E-state index in [1.54, 1.807) is 0 Å². The van der Waals surface area contributed by atoms with Gasteiger partial charge < -0.3 is 14.2 Å². The predicted octanol–water partition coefficient (Wildman–Crippen LogP) is 11.2. The van der Waals surface area contributed by atoms with Crippen molar-refractivity contribution < 1.29 is 28.6 Å². The Hall–Kier alpha value is -1.59. The van der Waals surface area contributed by atoms with Crippen molar-refractivity contribution in [3.05, 3.63) is 0 Å². The number of hydrogen-bond acceptors (Lipinski definition) is 6. The van der Waals surface area contributed by atoms with Gasteiger partial charge in [0, 0.05) is 19.3 Å². The largest absolute Gasteiger partial charge is 0.462 e. The standard InChI is InChI=1S/C38H72O6/c1-5-8-10-12-16-21-25-29-36(39)42-32-35(44-38(41)31-27-23-17-13-11-9-6-2)33-43-37(40)30-26-22-19-15-14-18-20-24-28-34(4)7-3/h34-35H,5-33H2,1-4H3/t34?,35-/m1/s1. The van der Waals surface area contributed by atoms with Gasteiger partial charge in [0.2, 0.25) is 0 Å². The van der Waals surface area contributed by atoms with E-state index in [2.05, 4.69) is 27.7 Å². The molecule has 0 bridgehead atoms. The van der Waals surface area contributed by atoms with Crippen molar-refractivity contribution in [2.24, 2.45) is 5.92 Å². The van der Waals surface area contributed by atoms with Crippen LogP contribution in [0.2, 0.25) is 0 Å². The SMILES string of the molecule is CCCCCCCCCC(=O)OC[C@H](COC(=O)CCCCCCCCCCC(C)CC)OC(=O)CCCCCCCCC. The van der Waals surface area contributed by atoms with Gasteiger partial charge in [-0.3, -0.25) is 14.4 Å². The van der Waals surface area contributed by atoms with E-state index < -0.39 is 6.10 Å². The Balaban J connectivity index is 4.30. The molecule has 0 aliphatic carbocycles. The molecule has 0 N–H and O–H groups in total. The third-order valence-electron chi connectivity index (χ3n) is 8.65. The van der Waals surface area contributed by atoms with E-state index in [0.717, 1.165) is 63.7 Å². The molecular formula is C38H72O6. The summed E-state index contributed by atoms with van der Waals surface area (Å²) < 4.78 is 16.5. The van der Waals surface area contributed by atoms with Crippen LogP contribution in [0.15, 0.2) is 0 Å². The smallest absolute Gasteiger partial charge is 0.306 e. The summed E-state index contributed by atoms with van der Waals surface area (Å²) in [7, 11) is 0. The fraction of sp³-hybridized carbons (Fsp3) is 0.921. The monoisotopic (exact) mass is 625 g/mol. The summed E-state index contributed by atoms with van der Waals surface area (Å²) in [6.07, 6.45) is 28.2. The molecule has 260 valence electrons. The maximum absolute atomic E-state index is 12.5. The number of hydrogen-bond donors (Lipinski definition) is 0. The van der Waals surface area contributed by atoms with Gasteiger partial charge in [-0.25, -0.2) is 0 Å². The Bertz CT molecular complexity index is 664. The average Bonchev–Trinajstić information content (AvgIpc) is 3.02. The maximum atomic E-state index is 12.5. The average molecular weight is 625 g/mol. The van der Waals surface area contributed by atoms with Gasteiger partial charge in [0.1, 0.15) is 13.2 Å². The lowest BCUT2D eigenvalue weighted by atomic mass is 9.99. The Morgan fingerprint density at radius 3 is 1.18 bits per heavy atom. The van der Waals surface area contributed by atoms with Crippen LogP contribution in [0.4, 0.5) is 0 Å². The summed E-state index contributed by atoms with van der Waals surface area (Å²) in [4.78, 5) is 37.2. The number of rotatable bonds is 33. The first-order valence-electron chi connectivity index (χ1n) is 18.9. The van der Waals surface area contributed by atoms with Crippen LogP contribution < -0.4 is 0 Å². The first-order chi connectivity index (χ1) is 21.4. The first-order valence-corrected chi connectivity index (χ1v) is 18.9. The summed E-state index contributed by atoms with van der Waals surface area (Å²) >= 11 is 0. The van der Waals surface area contributed by atoms with Gasteiger partial charge in [-0.05, 0) is 25.2 Å². The summed E-state index contributed by atoms with van der Waals surface area (Å²) in [6, 6.07) is 0. The molecule has 44 heavy (non-hydrogen) atoms. The van der Waals surface area contributed by atoms with Crippen LogP contribution in [0.1, 0.15) is 201 Å². The molecule has 0 fully saturated rings. The lowest BCUT2D eigenvalue weighted by molar-refractivity contribution is -0.167. The fourth-order valence-electron chi connectivity index (χ4n) is 5.36. The molecule has 0 saturated heterocycles. The number of esters is 3. The third kappa shape index (κ3) is 30.4. The lowest BCUT2D eigenvalue weighted by Gasteiger charge is -2.18. The molecule has 0 amide bonds. The third-order valence-corrected chi connectivity index (χ3v) is 8.65. The first kappa shape index (κ1) is 42.4. The van der Waals surface area contributed by atoms with Gasteiger partial charge in [-0.1, -0.05) is 163 Å². The fourth-order valence-corrected chi connectivity index (χ4v) is 5.36. The molecule has 6 heteroatoms. The summed E-state index contributed by atoms with van der Waals surface area (Å²) in [5.74, 6) is -0.0320. The van der Waals surface area contributed by atoms with E-state index in [9.17, 15) is 14.4 Å². The number of unbranched alkanes of at least 4 members (excludes halogenated alkanes) is 19. The molecule has 0 aliphatic heterocycles. The highest BCUT2D eigenvalue weighted by atomic mass is 16.6. The molecular weight excluding hydrogens is 552 g/mol. The Morgan fingerprint density at radius 2 is 0.795 bits per heavy atom. The number of carbonyl (C=O) groups is 3. The van der Waals surface area contributed by atoms with Gasteiger partial charge in [-0.15, -0.1) is 0 Å². The number of ether oxygens (including phenoxy) is 3. The molecule has 0 aromatic rings. The zero-order chi connectivity index (χ0) is 32.5. The van der Waals surface area contributed by atoms with E-state index in [-0.39, 0.29) is 31.1 Å². The van der Waals surface area contributed by atoms with Gasteiger partial charge in [0.05, 0.1) is 0 Å². The van der Waals surface area contributed by atoms with Crippen molar-refractivity contribution in [1.82, 2.24) is 0 Å². The molecule has 0 heterocycles. The van der Waals surface area contributed by atoms with Crippen molar-refractivity contribution >= 4 is 17.9 Å². The molecule has 6 nitrogen and oxygen atoms in total. The molecule has 0 saturated carbocycles. The lowest BCUT2D eigenvalue weighted by Crippen LogP contribution is -2.30. The van der Waals surface area contributed by atoms with Crippen molar-refractivity contribution in [2.45, 2.75) is 207 Å². The van der Waals surface area contributed by atoms with Crippen molar-refractivity contribution in [1.29, 1.82) is 0 Å². The summed E-state index contributed by atoms with van der Waals surface area (Å²) in [5, 5.41) is 0. The van der Waals surface area contributed by atoms with Gasteiger partial charge in [0.25, 0.3) is 0 Å². The molecule has 0 spiro atoms. The topological polar surface area (TPSA) is 78.9 Å². The van der Waals surface area contributed by atoms with Crippen LogP contribution in [0, 0.1) is 5.92 Å². The second-order valence-electron chi connectivity index (χ2n) is 13.1. The van der Waals surface area contributed by atoms with E-state index in [1.165, 1.54) is 96.3 Å². The summed E-state index contributed by atoms with van der Waals surface area (Å²) in [6.45, 7) is 8.88. The minimum Gasteiger partial charge on any atom is -0.462 e. The second-order valence-corrected chi connectivity index (χ2v) is 13.1. The van der Waals surface area contributed by atoms with Gasteiger partial charge in [-0.2, -0.15) is 0 Å². The van der Waals surface area contributed by atoms with Crippen LogP contribution in [-0.2, 0) is 28.6 Å². The highest BCUT2D eigenvalue weighted by Crippen LogP contribution is 2.16. The van der Waals surface area contributed by atoms with Crippen LogP contribution in [0.5, 0.6) is 0 Å². The molecule has 0 aromatic heterocycles. The van der Waals surface area contributed by atoms with Gasteiger partial charge >= 0.3 is 17.9 Å². The quantitative estimate of drug-likeness (QED) is 0.0410. The Labute approximate surface area is 272 Å². The zero-order valence-corrected chi connectivity index (χ0v) is 29.6. The second kappa shape index (κ2) is 32.8. The van der Waals surface area contributed by atoms with E-state index in [0.29, 0.717) is 19.3 Å².